The Morgan fingerprint density at radius 3 is 0.955 bits per heavy atom. The molecule has 10 heteroatoms. The third kappa shape index (κ3) is 6.44. The molecule has 0 heterocycles. The summed E-state index contributed by atoms with van der Waals surface area (Å²) in [4.78, 5) is -0.452. The van der Waals surface area contributed by atoms with Crippen LogP contribution in [-0.4, -0.2) is 129 Å². The average Bonchev–Trinajstić information content (AvgIpc) is 2.37. The normalized spacial score (nSPS) is 11.2. The molecule has 0 aliphatic heterocycles. The van der Waals surface area contributed by atoms with Crippen LogP contribution in [0.5, 0.6) is 0 Å². The molecule has 0 saturated carbocycles. The Labute approximate surface area is 214 Å². The number of rotatable bonds is 3. The first-order chi connectivity index (χ1) is 9.18. The van der Waals surface area contributed by atoms with Gasteiger partial charge in [0.15, 0.2) is 0 Å². The molecule has 0 bridgehead atoms. The van der Waals surface area contributed by atoms with Crippen LogP contribution in [0.25, 0.3) is 11.1 Å². The number of hydrogen-bond acceptors (Lipinski definition) is 4. The van der Waals surface area contributed by atoms with Gasteiger partial charge in [-0.2, -0.15) is 16.8 Å². The minimum atomic E-state index is -4.24. The molecule has 2 aromatic carbocycles. The van der Waals surface area contributed by atoms with Crippen molar-refractivity contribution in [1.29, 1.82) is 0 Å². The van der Waals surface area contributed by atoms with E-state index in [1.165, 1.54) is 48.5 Å². The first-order valence-corrected chi connectivity index (χ1v) is 8.21. The summed E-state index contributed by atoms with van der Waals surface area (Å²) in [5.74, 6) is 0. The van der Waals surface area contributed by atoms with Gasteiger partial charge in [0.05, 0.1) is 9.79 Å². The quantitative estimate of drug-likeness (QED) is 0.581. The Balaban J connectivity index is 0.00000220. The predicted molar refractivity (Wildman–Crippen MR) is 85.8 cm³/mol. The minimum absolute atomic E-state index is 0. The molecule has 6 nitrogen and oxygen atoms in total. The zero-order valence-electron chi connectivity index (χ0n) is 9.96. The molecule has 0 saturated heterocycles. The molecule has 2 N–H and O–H groups in total. The van der Waals surface area contributed by atoms with Gasteiger partial charge in [-0.3, -0.25) is 9.11 Å². The summed E-state index contributed by atoms with van der Waals surface area (Å²) in [6.45, 7) is 0. The molecule has 0 aliphatic rings. The standard InChI is InChI=1S/C12H10O6S2.2K.2H/c13-19(14,15)11-5-1-9(2-6-11)10-3-7-12(8-4-10)20(16,17)18;;;;/h1-8H,(H,13,14,15)(H,16,17,18);;;;. The first kappa shape index (κ1) is 23.5. The van der Waals surface area contributed by atoms with Gasteiger partial charge in [-0.1, -0.05) is 24.3 Å². The van der Waals surface area contributed by atoms with Gasteiger partial charge in [0.2, 0.25) is 0 Å². The second kappa shape index (κ2) is 9.29. The van der Waals surface area contributed by atoms with E-state index < -0.39 is 20.2 Å². The Kier molecular flexibility index (Phi) is 9.94. The van der Waals surface area contributed by atoms with Gasteiger partial charge >= 0.3 is 103 Å². The summed E-state index contributed by atoms with van der Waals surface area (Å²) in [6.07, 6.45) is 0. The summed E-state index contributed by atoms with van der Waals surface area (Å²) < 4.78 is 61.3. The van der Waals surface area contributed by atoms with Crippen LogP contribution in [0.1, 0.15) is 0 Å². The van der Waals surface area contributed by atoms with Crippen LogP contribution in [0.4, 0.5) is 0 Å². The van der Waals surface area contributed by atoms with Crippen LogP contribution >= 0.6 is 0 Å². The van der Waals surface area contributed by atoms with Gasteiger partial charge in [0.25, 0.3) is 20.2 Å². The molecule has 0 spiro atoms. The second-order valence-electron chi connectivity index (χ2n) is 4.00. The Bertz CT molecular complexity index is 755. The van der Waals surface area contributed by atoms with Crippen molar-refractivity contribution in [2.75, 3.05) is 0 Å². The predicted octanol–water partition coefficient (Wildman–Crippen LogP) is 0.550. The van der Waals surface area contributed by atoms with Gasteiger partial charge in [-0.05, 0) is 35.4 Å². The van der Waals surface area contributed by atoms with Crippen LogP contribution in [-0.2, 0) is 20.2 Å². The second-order valence-corrected chi connectivity index (χ2v) is 6.84. The molecule has 0 radical (unpaired) electrons. The van der Waals surface area contributed by atoms with Crippen molar-refractivity contribution in [2.24, 2.45) is 0 Å². The summed E-state index contributed by atoms with van der Waals surface area (Å²) in [5.41, 5.74) is 1.28. The van der Waals surface area contributed by atoms with Crippen LogP contribution in [0.3, 0.4) is 0 Å². The van der Waals surface area contributed by atoms with Crippen LogP contribution in [0, 0.1) is 0 Å². The summed E-state index contributed by atoms with van der Waals surface area (Å²) in [5, 5.41) is 0. The van der Waals surface area contributed by atoms with Gasteiger partial charge < -0.3 is 0 Å². The maximum atomic E-state index is 10.9. The molecule has 0 aliphatic carbocycles. The van der Waals surface area contributed by atoms with E-state index in [2.05, 4.69) is 0 Å². The van der Waals surface area contributed by atoms with Crippen molar-refractivity contribution in [1.82, 2.24) is 0 Å². The molecule has 0 atom stereocenters. The molecule has 0 aromatic heterocycles. The Morgan fingerprint density at radius 2 is 0.773 bits per heavy atom. The molecule has 2 aromatic rings. The van der Waals surface area contributed by atoms with Gasteiger partial charge in [0, 0.05) is 0 Å². The fourth-order valence-electron chi connectivity index (χ4n) is 1.64. The summed E-state index contributed by atoms with van der Waals surface area (Å²) in [7, 11) is -8.48. The topological polar surface area (TPSA) is 109 Å². The van der Waals surface area contributed by atoms with E-state index >= 15 is 0 Å². The van der Waals surface area contributed by atoms with Gasteiger partial charge in [0.1, 0.15) is 0 Å². The van der Waals surface area contributed by atoms with Crippen molar-refractivity contribution in [3.8, 4) is 11.1 Å². The third-order valence-electron chi connectivity index (χ3n) is 2.64. The van der Waals surface area contributed by atoms with Crippen molar-refractivity contribution in [3.63, 3.8) is 0 Å². The first-order valence-electron chi connectivity index (χ1n) is 5.33. The maximum absolute atomic E-state index is 10.9. The Hall–Kier alpha value is 1.53. The molecular weight excluding hydrogens is 382 g/mol. The molecule has 0 fully saturated rings. The van der Waals surface area contributed by atoms with Crippen molar-refractivity contribution in [2.45, 2.75) is 9.79 Å². The van der Waals surface area contributed by atoms with Crippen LogP contribution in [0.2, 0.25) is 0 Å². The van der Waals surface area contributed by atoms with Crippen molar-refractivity contribution >= 4 is 123 Å². The zero-order chi connectivity index (χ0) is 15.0. The zero-order valence-corrected chi connectivity index (χ0v) is 11.6. The summed E-state index contributed by atoms with van der Waals surface area (Å²) >= 11 is 0. The number of hydrogen-bond donors (Lipinski definition) is 2. The van der Waals surface area contributed by atoms with E-state index in [1.807, 2.05) is 0 Å². The van der Waals surface area contributed by atoms with E-state index in [1.54, 1.807) is 0 Å². The van der Waals surface area contributed by atoms with Crippen LogP contribution < -0.4 is 0 Å². The average molecular weight is 395 g/mol. The van der Waals surface area contributed by atoms with Gasteiger partial charge in [-0.15, -0.1) is 0 Å². The monoisotopic (exact) mass is 394 g/mol. The van der Waals surface area contributed by atoms with Crippen molar-refractivity contribution < 1.29 is 25.9 Å². The van der Waals surface area contributed by atoms with Gasteiger partial charge in [-0.25, -0.2) is 0 Å². The molecule has 110 valence electrons. The molecular formula is C12H12K2O6S2. The molecule has 2 rings (SSSR count). The van der Waals surface area contributed by atoms with E-state index in [0.717, 1.165) is 0 Å². The Morgan fingerprint density at radius 1 is 0.545 bits per heavy atom. The summed E-state index contributed by atoms with van der Waals surface area (Å²) in [6, 6.07) is 10.9. The number of benzene rings is 2. The fourth-order valence-corrected chi connectivity index (χ4v) is 2.60. The van der Waals surface area contributed by atoms with Crippen molar-refractivity contribution in [3.05, 3.63) is 48.5 Å². The third-order valence-corrected chi connectivity index (χ3v) is 4.37. The van der Waals surface area contributed by atoms with E-state index in [9.17, 15) is 16.8 Å². The molecule has 0 unspecified atom stereocenters. The molecule has 22 heavy (non-hydrogen) atoms. The SMILES string of the molecule is O=S(=O)(O)c1ccc(-c2ccc(S(=O)(=O)O)cc2)cc1.[KH].[KH]. The van der Waals surface area contributed by atoms with E-state index in [4.69, 9.17) is 9.11 Å². The van der Waals surface area contributed by atoms with Crippen LogP contribution in [0.15, 0.2) is 58.3 Å². The van der Waals surface area contributed by atoms with E-state index in [-0.39, 0.29) is 113 Å². The fraction of sp³-hybridized carbons (Fsp3) is 0. The molecule has 0 amide bonds. The van der Waals surface area contributed by atoms with E-state index in [0.29, 0.717) is 11.1 Å².